The van der Waals surface area contributed by atoms with E-state index in [1.807, 2.05) is 5.38 Å². The van der Waals surface area contributed by atoms with Crippen molar-refractivity contribution in [3.8, 4) is 0 Å². The van der Waals surface area contributed by atoms with Gasteiger partial charge in [-0.25, -0.2) is 9.99 Å². The molecule has 1 fully saturated rings. The van der Waals surface area contributed by atoms with Crippen LogP contribution in [0.3, 0.4) is 0 Å². The quantitative estimate of drug-likeness (QED) is 0.878. The minimum atomic E-state index is -0.932. The summed E-state index contributed by atoms with van der Waals surface area (Å²) in [4.78, 5) is 15.5. The molecule has 6 heteroatoms. The summed E-state index contributed by atoms with van der Waals surface area (Å²) in [5.41, 5.74) is 2.94. The van der Waals surface area contributed by atoms with Crippen molar-refractivity contribution in [3.63, 3.8) is 0 Å². The van der Waals surface area contributed by atoms with Crippen LogP contribution in [-0.2, 0) is 10.2 Å². The number of nitrogens with zero attached hydrogens (tertiary/aromatic N) is 2. The van der Waals surface area contributed by atoms with Gasteiger partial charge in [0.1, 0.15) is 5.41 Å². The molecule has 0 radical (unpaired) electrons. The SMILES string of the molecule is CC(C)(C(=O)O)c1csc(NN2CCCCC2)n1. The standard InChI is InChI=1S/C12H19N3O2S/c1-12(2,10(16)17)9-8-18-11(13-9)14-15-6-4-3-5-7-15/h8H,3-7H2,1-2H3,(H,13,14)(H,16,17). The first-order valence-electron chi connectivity index (χ1n) is 6.21. The molecule has 0 aliphatic carbocycles. The monoisotopic (exact) mass is 269 g/mol. The third kappa shape index (κ3) is 2.81. The highest BCUT2D eigenvalue weighted by Gasteiger charge is 2.32. The van der Waals surface area contributed by atoms with Gasteiger partial charge in [-0.1, -0.05) is 6.42 Å². The molecule has 0 aromatic carbocycles. The molecule has 2 rings (SSSR count). The van der Waals surface area contributed by atoms with E-state index < -0.39 is 11.4 Å². The van der Waals surface area contributed by atoms with Crippen LogP contribution in [0.25, 0.3) is 0 Å². The molecule has 18 heavy (non-hydrogen) atoms. The van der Waals surface area contributed by atoms with Gasteiger partial charge in [0.15, 0.2) is 5.13 Å². The van der Waals surface area contributed by atoms with Crippen LogP contribution in [0.2, 0.25) is 0 Å². The van der Waals surface area contributed by atoms with Crippen LogP contribution in [0, 0.1) is 0 Å². The van der Waals surface area contributed by atoms with E-state index in [4.69, 9.17) is 5.11 Å². The maximum absolute atomic E-state index is 11.2. The van der Waals surface area contributed by atoms with Gasteiger partial charge in [0.2, 0.25) is 0 Å². The van der Waals surface area contributed by atoms with Crippen molar-refractivity contribution in [2.75, 3.05) is 18.5 Å². The van der Waals surface area contributed by atoms with E-state index in [0.717, 1.165) is 18.2 Å². The zero-order chi connectivity index (χ0) is 13.2. The van der Waals surface area contributed by atoms with Gasteiger partial charge >= 0.3 is 5.97 Å². The van der Waals surface area contributed by atoms with Crippen LogP contribution in [0.5, 0.6) is 0 Å². The number of carbonyl (C=O) groups is 1. The van der Waals surface area contributed by atoms with E-state index in [-0.39, 0.29) is 0 Å². The van der Waals surface area contributed by atoms with Crippen molar-refractivity contribution >= 4 is 22.4 Å². The van der Waals surface area contributed by atoms with Crippen molar-refractivity contribution in [2.45, 2.75) is 38.5 Å². The second-order valence-electron chi connectivity index (χ2n) is 5.13. The van der Waals surface area contributed by atoms with Crippen LogP contribution < -0.4 is 5.43 Å². The number of carboxylic acid groups (broad SMARTS) is 1. The zero-order valence-corrected chi connectivity index (χ0v) is 11.6. The molecule has 0 spiro atoms. The highest BCUT2D eigenvalue weighted by Crippen LogP contribution is 2.27. The van der Waals surface area contributed by atoms with Gasteiger partial charge in [-0.3, -0.25) is 10.2 Å². The van der Waals surface area contributed by atoms with Gasteiger partial charge in [0.25, 0.3) is 0 Å². The summed E-state index contributed by atoms with van der Waals surface area (Å²) in [6, 6.07) is 0. The molecule has 0 saturated carbocycles. The summed E-state index contributed by atoms with van der Waals surface area (Å²) in [7, 11) is 0. The summed E-state index contributed by atoms with van der Waals surface area (Å²) in [5.74, 6) is -0.850. The first kappa shape index (κ1) is 13.3. The fourth-order valence-electron chi connectivity index (χ4n) is 1.86. The molecule has 1 saturated heterocycles. The Balaban J connectivity index is 2.03. The molecular weight excluding hydrogens is 250 g/mol. The van der Waals surface area contributed by atoms with Crippen LogP contribution in [0.1, 0.15) is 38.8 Å². The summed E-state index contributed by atoms with van der Waals surface area (Å²) in [5, 5.41) is 13.9. The number of hydrazine groups is 1. The fraction of sp³-hybridized carbons (Fsp3) is 0.667. The maximum atomic E-state index is 11.2. The van der Waals surface area contributed by atoms with Gasteiger partial charge in [0.05, 0.1) is 5.69 Å². The van der Waals surface area contributed by atoms with Crippen molar-refractivity contribution in [2.24, 2.45) is 0 Å². The largest absolute Gasteiger partial charge is 0.481 e. The zero-order valence-electron chi connectivity index (χ0n) is 10.8. The molecule has 1 aromatic rings. The Kier molecular flexibility index (Phi) is 3.87. The van der Waals surface area contributed by atoms with Crippen LogP contribution in [-0.4, -0.2) is 34.2 Å². The van der Waals surface area contributed by atoms with Crippen molar-refractivity contribution in [3.05, 3.63) is 11.1 Å². The summed E-state index contributed by atoms with van der Waals surface area (Å²) in [6.07, 6.45) is 3.69. The summed E-state index contributed by atoms with van der Waals surface area (Å²) in [6.45, 7) is 5.40. The lowest BCUT2D eigenvalue weighted by atomic mass is 9.91. The molecule has 1 aromatic heterocycles. The molecule has 0 atom stereocenters. The van der Waals surface area contributed by atoms with Gasteiger partial charge in [0, 0.05) is 18.5 Å². The average molecular weight is 269 g/mol. The minimum Gasteiger partial charge on any atom is -0.481 e. The van der Waals surface area contributed by atoms with Crippen molar-refractivity contribution in [1.29, 1.82) is 0 Å². The predicted octanol–water partition coefficient (Wildman–Crippen LogP) is 2.32. The minimum absolute atomic E-state index is 0.611. The Bertz CT molecular complexity index is 425. The van der Waals surface area contributed by atoms with E-state index in [1.54, 1.807) is 13.8 Å². The molecule has 5 nitrogen and oxygen atoms in total. The Labute approximate surface area is 111 Å². The van der Waals surface area contributed by atoms with E-state index in [9.17, 15) is 4.79 Å². The second kappa shape index (κ2) is 5.24. The third-order valence-corrected chi connectivity index (χ3v) is 4.04. The number of rotatable bonds is 4. The molecule has 2 heterocycles. The number of anilines is 1. The number of thiazole rings is 1. The van der Waals surface area contributed by atoms with Crippen LogP contribution in [0.15, 0.2) is 5.38 Å². The lowest BCUT2D eigenvalue weighted by Gasteiger charge is -2.26. The van der Waals surface area contributed by atoms with Crippen molar-refractivity contribution in [1.82, 2.24) is 9.99 Å². The molecule has 0 bridgehead atoms. The van der Waals surface area contributed by atoms with E-state index in [2.05, 4.69) is 15.4 Å². The van der Waals surface area contributed by atoms with Gasteiger partial charge in [-0.2, -0.15) is 0 Å². The number of aromatic nitrogens is 1. The lowest BCUT2D eigenvalue weighted by Crippen LogP contribution is -2.35. The molecule has 0 amide bonds. The smallest absolute Gasteiger partial charge is 0.315 e. The molecule has 100 valence electrons. The third-order valence-electron chi connectivity index (χ3n) is 3.29. The number of nitrogens with one attached hydrogen (secondary N) is 1. The second-order valence-corrected chi connectivity index (χ2v) is 5.99. The average Bonchev–Trinajstić information content (AvgIpc) is 2.79. The topological polar surface area (TPSA) is 65.5 Å². The summed E-state index contributed by atoms with van der Waals surface area (Å²) < 4.78 is 0. The molecule has 1 aliphatic rings. The lowest BCUT2D eigenvalue weighted by molar-refractivity contribution is -0.142. The molecule has 0 unspecified atom stereocenters. The van der Waals surface area contributed by atoms with E-state index in [0.29, 0.717) is 5.69 Å². The maximum Gasteiger partial charge on any atom is 0.315 e. The molecule has 2 N–H and O–H groups in total. The highest BCUT2D eigenvalue weighted by molar-refractivity contribution is 7.13. The number of aliphatic carboxylic acids is 1. The highest BCUT2D eigenvalue weighted by atomic mass is 32.1. The van der Waals surface area contributed by atoms with Crippen LogP contribution in [0.4, 0.5) is 5.13 Å². The predicted molar refractivity (Wildman–Crippen MR) is 71.8 cm³/mol. The van der Waals surface area contributed by atoms with Gasteiger partial charge in [-0.15, -0.1) is 11.3 Å². The molecule has 1 aliphatic heterocycles. The Morgan fingerprint density at radius 1 is 1.44 bits per heavy atom. The fourth-order valence-corrected chi connectivity index (χ4v) is 2.77. The number of carboxylic acids is 1. The van der Waals surface area contributed by atoms with Gasteiger partial charge < -0.3 is 5.11 Å². The Hall–Kier alpha value is -1.14. The normalized spacial score (nSPS) is 17.7. The van der Waals surface area contributed by atoms with E-state index in [1.165, 1.54) is 30.6 Å². The summed E-state index contributed by atoms with van der Waals surface area (Å²) >= 11 is 1.46. The number of piperidine rings is 1. The Morgan fingerprint density at radius 2 is 2.11 bits per heavy atom. The molecular formula is C12H19N3O2S. The van der Waals surface area contributed by atoms with Crippen LogP contribution >= 0.6 is 11.3 Å². The Morgan fingerprint density at radius 3 is 2.72 bits per heavy atom. The first-order valence-corrected chi connectivity index (χ1v) is 7.09. The van der Waals surface area contributed by atoms with Crippen molar-refractivity contribution < 1.29 is 9.90 Å². The number of hydrogen-bond acceptors (Lipinski definition) is 5. The van der Waals surface area contributed by atoms with E-state index >= 15 is 0 Å². The first-order chi connectivity index (χ1) is 8.50. The van der Waals surface area contributed by atoms with Gasteiger partial charge in [-0.05, 0) is 26.7 Å². The number of hydrogen-bond donors (Lipinski definition) is 2.